The Hall–Kier alpha value is -3.18. The van der Waals surface area contributed by atoms with E-state index in [2.05, 4.69) is 26.1 Å². The summed E-state index contributed by atoms with van der Waals surface area (Å²) in [5.74, 6) is 0.542. The molecule has 5 nitrogen and oxygen atoms in total. The smallest absolute Gasteiger partial charge is 0.192 e. The van der Waals surface area contributed by atoms with Gasteiger partial charge in [0.25, 0.3) is 0 Å². The van der Waals surface area contributed by atoms with Crippen LogP contribution in [0.3, 0.4) is 0 Å². The number of allylic oxidation sites excluding steroid dienone is 3. The van der Waals surface area contributed by atoms with Gasteiger partial charge in [-0.25, -0.2) is 4.99 Å². The van der Waals surface area contributed by atoms with E-state index in [4.69, 9.17) is 21.3 Å². The topological polar surface area (TPSA) is 67.8 Å². The summed E-state index contributed by atoms with van der Waals surface area (Å²) < 4.78 is 6.30. The Morgan fingerprint density at radius 3 is 2.58 bits per heavy atom. The lowest BCUT2D eigenvalue weighted by Crippen LogP contribution is -2.42. The molecule has 168 valence electrons. The van der Waals surface area contributed by atoms with E-state index >= 15 is 0 Å². The lowest BCUT2D eigenvalue weighted by Gasteiger charge is -2.34. The number of aliphatic imine (C=N–C) groups is 1. The minimum Gasteiger partial charge on any atom is -0.453 e. The fourth-order valence-electron chi connectivity index (χ4n) is 4.46. The Labute approximate surface area is 198 Å². The van der Waals surface area contributed by atoms with E-state index in [1.807, 2.05) is 18.2 Å². The molecular formula is C27H25ClN2O3. The van der Waals surface area contributed by atoms with Crippen molar-refractivity contribution in [1.29, 1.82) is 0 Å². The Kier molecular flexibility index (Phi) is 5.25. The number of hydrogen-bond acceptors (Lipinski definition) is 5. The molecule has 0 saturated heterocycles. The Balaban J connectivity index is 1.67. The fraction of sp³-hybridized carbons (Fsp3) is 0.296. The zero-order valence-corrected chi connectivity index (χ0v) is 19.6. The van der Waals surface area contributed by atoms with Gasteiger partial charge in [-0.2, -0.15) is 0 Å². The number of fused-ring (bicyclic) bond motifs is 5. The maximum Gasteiger partial charge on any atom is 0.192 e. The standard InChI is InChI=1S/C27H25ClN2O3/c1-27(2,3)15-9-10-18-20(13-15)33-21-14-19(29-12-6-11-28)22-23(24(21)30-18)26(32)17-8-5-4-7-16(17)25(22)31/h4-5,7-10,13-14,23,29H,6,11-12H2,1-3H3. The molecule has 6 heteroatoms. The van der Waals surface area contributed by atoms with Crippen LogP contribution in [0.4, 0.5) is 5.69 Å². The first-order valence-corrected chi connectivity index (χ1v) is 11.7. The van der Waals surface area contributed by atoms with Crippen LogP contribution in [0.2, 0.25) is 0 Å². The predicted octanol–water partition coefficient (Wildman–Crippen LogP) is 5.51. The van der Waals surface area contributed by atoms with E-state index in [1.54, 1.807) is 30.3 Å². The molecule has 1 aliphatic heterocycles. The van der Waals surface area contributed by atoms with Gasteiger partial charge >= 0.3 is 0 Å². The van der Waals surface area contributed by atoms with Crippen molar-refractivity contribution in [2.45, 2.75) is 32.6 Å². The van der Waals surface area contributed by atoms with Gasteiger partial charge in [0.05, 0.1) is 11.6 Å². The van der Waals surface area contributed by atoms with E-state index in [0.717, 1.165) is 12.0 Å². The summed E-state index contributed by atoms with van der Waals surface area (Å²) >= 11 is 5.86. The van der Waals surface area contributed by atoms with Crippen molar-refractivity contribution in [1.82, 2.24) is 5.32 Å². The van der Waals surface area contributed by atoms with Crippen LogP contribution in [0.1, 0.15) is 53.5 Å². The summed E-state index contributed by atoms with van der Waals surface area (Å²) in [6.07, 6.45) is 2.52. The molecule has 0 aromatic heterocycles. The highest BCUT2D eigenvalue weighted by molar-refractivity contribution is 6.33. The molecule has 0 fully saturated rings. The monoisotopic (exact) mass is 460 g/mol. The molecule has 0 saturated carbocycles. The second-order valence-electron chi connectivity index (χ2n) is 9.51. The molecule has 2 aromatic carbocycles. The van der Waals surface area contributed by atoms with Gasteiger partial charge in [0.15, 0.2) is 23.1 Å². The lowest BCUT2D eigenvalue weighted by molar-refractivity contribution is 0.0908. The number of alkyl halides is 1. The van der Waals surface area contributed by atoms with Gasteiger partial charge in [-0.05, 0) is 29.5 Å². The molecule has 3 aliphatic rings. The molecule has 5 rings (SSSR count). The van der Waals surface area contributed by atoms with E-state index in [9.17, 15) is 9.59 Å². The van der Waals surface area contributed by atoms with Gasteiger partial charge in [0.2, 0.25) is 0 Å². The van der Waals surface area contributed by atoms with Crippen molar-refractivity contribution in [3.8, 4) is 5.75 Å². The summed E-state index contributed by atoms with van der Waals surface area (Å²) in [5, 5.41) is 3.31. The number of rotatable bonds is 4. The third kappa shape index (κ3) is 3.61. The van der Waals surface area contributed by atoms with Crippen LogP contribution in [0.15, 0.2) is 70.6 Å². The van der Waals surface area contributed by atoms with Crippen molar-refractivity contribution in [2.24, 2.45) is 10.9 Å². The molecule has 2 aromatic rings. The van der Waals surface area contributed by atoms with E-state index < -0.39 is 5.92 Å². The molecule has 0 radical (unpaired) electrons. The Morgan fingerprint density at radius 1 is 1.09 bits per heavy atom. The molecule has 1 atom stereocenters. The van der Waals surface area contributed by atoms with Crippen LogP contribution in [-0.2, 0) is 5.41 Å². The summed E-state index contributed by atoms with van der Waals surface area (Å²) in [6, 6.07) is 12.9. The van der Waals surface area contributed by atoms with Gasteiger partial charge in [-0.15, -0.1) is 11.6 Å². The first-order valence-electron chi connectivity index (χ1n) is 11.1. The number of carbonyl (C=O) groups excluding carboxylic acids is 2. The summed E-state index contributed by atoms with van der Waals surface area (Å²) in [5.41, 5.74) is 4.11. The Morgan fingerprint density at radius 2 is 1.85 bits per heavy atom. The molecule has 1 heterocycles. The number of Topliss-reactive ketones (excluding diaryl/α,β-unsaturated/α-hetero) is 2. The first kappa shape index (κ1) is 21.7. The molecular weight excluding hydrogens is 436 g/mol. The van der Waals surface area contributed by atoms with Gasteiger partial charge in [0.1, 0.15) is 5.69 Å². The number of ether oxygens (including phenoxy) is 1. The van der Waals surface area contributed by atoms with E-state index in [-0.39, 0.29) is 17.0 Å². The number of benzene rings is 2. The maximum atomic E-state index is 13.6. The summed E-state index contributed by atoms with van der Waals surface area (Å²) in [7, 11) is 0. The van der Waals surface area contributed by atoms with Crippen LogP contribution in [0, 0.1) is 5.92 Å². The summed E-state index contributed by atoms with van der Waals surface area (Å²) in [4.78, 5) is 32.0. The highest BCUT2D eigenvalue weighted by Gasteiger charge is 2.46. The van der Waals surface area contributed by atoms with Crippen molar-refractivity contribution in [2.75, 3.05) is 12.4 Å². The number of hydrogen-bond donors (Lipinski definition) is 1. The van der Waals surface area contributed by atoms with E-state index in [0.29, 0.717) is 57.7 Å². The van der Waals surface area contributed by atoms with Crippen molar-refractivity contribution in [3.63, 3.8) is 0 Å². The molecule has 0 spiro atoms. The molecule has 0 amide bonds. The SMILES string of the molecule is CC(C)(C)c1ccc2c(c1)OC1=CC(NCCCCl)=C3C(=O)c4ccccc4C(=O)C3C1=N2. The number of carbonyl (C=O) groups is 2. The van der Waals surface area contributed by atoms with Crippen LogP contribution in [-0.4, -0.2) is 29.7 Å². The average Bonchev–Trinajstić information content (AvgIpc) is 2.80. The quantitative estimate of drug-likeness (QED) is 0.482. The Bertz CT molecular complexity index is 1280. The average molecular weight is 461 g/mol. The molecule has 0 bridgehead atoms. The number of nitrogens with zero attached hydrogens (tertiary/aromatic N) is 1. The fourth-order valence-corrected chi connectivity index (χ4v) is 4.60. The van der Waals surface area contributed by atoms with Crippen LogP contribution in [0.5, 0.6) is 5.75 Å². The van der Waals surface area contributed by atoms with Gasteiger partial charge in [0, 0.05) is 40.9 Å². The highest BCUT2D eigenvalue weighted by atomic mass is 35.5. The zero-order chi connectivity index (χ0) is 23.3. The molecule has 1 N–H and O–H groups in total. The van der Waals surface area contributed by atoms with Gasteiger partial charge in [-0.3, -0.25) is 9.59 Å². The predicted molar refractivity (Wildman–Crippen MR) is 130 cm³/mol. The second-order valence-corrected chi connectivity index (χ2v) is 9.89. The van der Waals surface area contributed by atoms with Crippen LogP contribution >= 0.6 is 11.6 Å². The van der Waals surface area contributed by atoms with E-state index in [1.165, 1.54) is 0 Å². The highest BCUT2D eigenvalue weighted by Crippen LogP contribution is 2.44. The molecule has 1 unspecified atom stereocenters. The van der Waals surface area contributed by atoms with Crippen molar-refractivity contribution < 1.29 is 14.3 Å². The zero-order valence-electron chi connectivity index (χ0n) is 18.9. The molecule has 33 heavy (non-hydrogen) atoms. The van der Waals surface area contributed by atoms with Crippen molar-refractivity contribution in [3.05, 3.63) is 82.3 Å². The number of nitrogens with one attached hydrogen (secondary N) is 1. The minimum atomic E-state index is -0.804. The minimum absolute atomic E-state index is 0.0415. The maximum absolute atomic E-state index is 13.6. The van der Waals surface area contributed by atoms with Gasteiger partial charge < -0.3 is 10.1 Å². The van der Waals surface area contributed by atoms with Crippen molar-refractivity contribution >= 4 is 34.6 Å². The van der Waals surface area contributed by atoms with Crippen LogP contribution < -0.4 is 10.1 Å². The number of halogens is 1. The first-order chi connectivity index (χ1) is 15.8. The third-order valence-electron chi connectivity index (χ3n) is 6.24. The third-order valence-corrected chi connectivity index (χ3v) is 6.50. The number of ketones is 2. The normalized spacial score (nSPS) is 19.0. The summed E-state index contributed by atoms with van der Waals surface area (Å²) in [6.45, 7) is 7.01. The van der Waals surface area contributed by atoms with Crippen LogP contribution in [0.25, 0.3) is 0 Å². The largest absolute Gasteiger partial charge is 0.453 e. The lowest BCUT2D eigenvalue weighted by atomic mass is 9.72. The molecule has 2 aliphatic carbocycles. The van der Waals surface area contributed by atoms with Gasteiger partial charge in [-0.1, -0.05) is 51.1 Å². The second kappa shape index (κ2) is 7.99.